The van der Waals surface area contributed by atoms with Gasteiger partial charge in [-0.25, -0.2) is 12.7 Å². The van der Waals surface area contributed by atoms with E-state index in [1.807, 2.05) is 30.3 Å². The summed E-state index contributed by atoms with van der Waals surface area (Å²) in [6, 6.07) is 16.4. The van der Waals surface area contributed by atoms with E-state index in [9.17, 15) is 13.2 Å². The summed E-state index contributed by atoms with van der Waals surface area (Å²) in [5.41, 5.74) is 4.81. The number of benzene rings is 2. The number of carbonyl (C=O) groups excluding carboxylic acids is 1. The lowest BCUT2D eigenvalue weighted by atomic mass is 9.97. The van der Waals surface area contributed by atoms with Crippen LogP contribution < -0.4 is 5.32 Å². The molecule has 0 bridgehead atoms. The molecular weight excluding hydrogens is 420 g/mol. The molecule has 1 atom stereocenters. The third-order valence-electron chi connectivity index (χ3n) is 6.37. The number of hydrogen-bond acceptors (Lipinski definition) is 3. The SMILES string of the molecule is CCc1ccc(CC)c(CNC(=O)[C@@H]2CCCN(S(=O)(=O)CCCc3ccccc3)C2)c1. The smallest absolute Gasteiger partial charge is 0.224 e. The minimum absolute atomic E-state index is 0.0434. The van der Waals surface area contributed by atoms with Crippen LogP contribution in [-0.2, 0) is 40.6 Å². The van der Waals surface area contributed by atoms with Gasteiger partial charge in [0.2, 0.25) is 15.9 Å². The van der Waals surface area contributed by atoms with Crippen LogP contribution in [0.4, 0.5) is 0 Å². The maximum atomic E-state index is 12.9. The van der Waals surface area contributed by atoms with E-state index in [2.05, 4.69) is 37.4 Å². The van der Waals surface area contributed by atoms with Crippen LogP contribution in [0, 0.1) is 5.92 Å². The first-order valence-corrected chi connectivity index (χ1v) is 13.4. The topological polar surface area (TPSA) is 66.5 Å². The van der Waals surface area contributed by atoms with Crippen molar-refractivity contribution in [1.82, 2.24) is 9.62 Å². The summed E-state index contributed by atoms with van der Waals surface area (Å²) >= 11 is 0. The maximum absolute atomic E-state index is 12.9. The zero-order valence-electron chi connectivity index (χ0n) is 19.3. The molecule has 1 heterocycles. The molecule has 0 spiro atoms. The molecule has 3 rings (SSSR count). The monoisotopic (exact) mass is 456 g/mol. The molecule has 6 heteroatoms. The number of aryl methyl sites for hydroxylation is 3. The summed E-state index contributed by atoms with van der Waals surface area (Å²) in [6.07, 6.45) is 4.68. The Kier molecular flexibility index (Phi) is 8.88. The molecule has 32 heavy (non-hydrogen) atoms. The quantitative estimate of drug-likeness (QED) is 0.585. The van der Waals surface area contributed by atoms with Gasteiger partial charge in [0.15, 0.2) is 0 Å². The molecule has 1 saturated heterocycles. The number of carbonyl (C=O) groups is 1. The maximum Gasteiger partial charge on any atom is 0.224 e. The van der Waals surface area contributed by atoms with E-state index in [0.717, 1.165) is 43.2 Å². The van der Waals surface area contributed by atoms with Gasteiger partial charge in [-0.3, -0.25) is 4.79 Å². The molecule has 1 aliphatic rings. The van der Waals surface area contributed by atoms with E-state index < -0.39 is 10.0 Å². The lowest BCUT2D eigenvalue weighted by Crippen LogP contribution is -2.46. The lowest BCUT2D eigenvalue weighted by Gasteiger charge is -2.31. The fourth-order valence-electron chi connectivity index (χ4n) is 4.38. The molecule has 0 saturated carbocycles. The molecule has 174 valence electrons. The first kappa shape index (κ1) is 24.5. The summed E-state index contributed by atoms with van der Waals surface area (Å²) < 4.78 is 27.3. The van der Waals surface area contributed by atoms with Gasteiger partial charge in [-0.05, 0) is 60.8 Å². The van der Waals surface area contributed by atoms with Crippen LogP contribution in [0.25, 0.3) is 0 Å². The Labute approximate surface area is 193 Å². The number of hydrogen-bond donors (Lipinski definition) is 1. The number of nitrogens with one attached hydrogen (secondary N) is 1. The Balaban J connectivity index is 1.54. The number of sulfonamides is 1. The summed E-state index contributed by atoms with van der Waals surface area (Å²) in [4.78, 5) is 12.9. The third-order valence-corrected chi connectivity index (χ3v) is 8.29. The van der Waals surface area contributed by atoms with E-state index in [-0.39, 0.29) is 24.1 Å². The first-order valence-electron chi connectivity index (χ1n) is 11.8. The van der Waals surface area contributed by atoms with Gasteiger partial charge in [-0.15, -0.1) is 0 Å². The van der Waals surface area contributed by atoms with Crippen molar-refractivity contribution < 1.29 is 13.2 Å². The Hall–Kier alpha value is -2.18. The second kappa shape index (κ2) is 11.6. The fourth-order valence-corrected chi connectivity index (χ4v) is 5.96. The van der Waals surface area contributed by atoms with Crippen molar-refractivity contribution >= 4 is 15.9 Å². The van der Waals surface area contributed by atoms with Crippen LogP contribution in [0.1, 0.15) is 55.4 Å². The largest absolute Gasteiger partial charge is 0.352 e. The van der Waals surface area contributed by atoms with Gasteiger partial charge < -0.3 is 5.32 Å². The Morgan fingerprint density at radius 2 is 1.81 bits per heavy atom. The molecule has 0 aliphatic carbocycles. The van der Waals surface area contributed by atoms with Crippen molar-refractivity contribution in [3.63, 3.8) is 0 Å². The van der Waals surface area contributed by atoms with Gasteiger partial charge in [-0.2, -0.15) is 0 Å². The van der Waals surface area contributed by atoms with E-state index in [0.29, 0.717) is 19.5 Å². The van der Waals surface area contributed by atoms with E-state index in [4.69, 9.17) is 0 Å². The zero-order chi connectivity index (χ0) is 23.0. The lowest BCUT2D eigenvalue weighted by molar-refractivity contribution is -0.126. The molecule has 0 aromatic heterocycles. The number of piperidine rings is 1. The Morgan fingerprint density at radius 3 is 2.53 bits per heavy atom. The molecule has 2 aromatic rings. The van der Waals surface area contributed by atoms with Gasteiger partial charge in [0.05, 0.1) is 11.7 Å². The second-order valence-electron chi connectivity index (χ2n) is 8.63. The molecular formula is C26H36N2O3S. The van der Waals surface area contributed by atoms with Crippen LogP contribution >= 0.6 is 0 Å². The zero-order valence-corrected chi connectivity index (χ0v) is 20.2. The van der Waals surface area contributed by atoms with Crippen LogP contribution in [-0.4, -0.2) is 37.5 Å². The number of rotatable bonds is 10. The van der Waals surface area contributed by atoms with Gasteiger partial charge in [0.25, 0.3) is 0 Å². The molecule has 2 aromatic carbocycles. The average molecular weight is 457 g/mol. The summed E-state index contributed by atoms with van der Waals surface area (Å²) in [7, 11) is -3.35. The predicted molar refractivity (Wildman–Crippen MR) is 130 cm³/mol. The highest BCUT2D eigenvalue weighted by Crippen LogP contribution is 2.21. The average Bonchev–Trinajstić information content (AvgIpc) is 2.83. The van der Waals surface area contributed by atoms with E-state index in [1.54, 1.807) is 0 Å². The Bertz CT molecular complexity index is 989. The molecule has 1 fully saturated rings. The highest BCUT2D eigenvalue weighted by molar-refractivity contribution is 7.89. The van der Waals surface area contributed by atoms with Crippen LogP contribution in [0.2, 0.25) is 0 Å². The van der Waals surface area contributed by atoms with Gasteiger partial charge >= 0.3 is 0 Å². The molecule has 0 radical (unpaired) electrons. The van der Waals surface area contributed by atoms with Crippen molar-refractivity contribution in [3.05, 3.63) is 70.8 Å². The van der Waals surface area contributed by atoms with Crippen molar-refractivity contribution in [2.45, 2.75) is 58.9 Å². The van der Waals surface area contributed by atoms with Crippen molar-refractivity contribution in [2.75, 3.05) is 18.8 Å². The van der Waals surface area contributed by atoms with Crippen molar-refractivity contribution in [1.29, 1.82) is 0 Å². The van der Waals surface area contributed by atoms with Crippen molar-refractivity contribution in [2.24, 2.45) is 5.92 Å². The highest BCUT2D eigenvalue weighted by Gasteiger charge is 2.32. The first-order chi connectivity index (χ1) is 15.4. The molecule has 1 N–H and O–H groups in total. The molecule has 1 aliphatic heterocycles. The summed E-state index contributed by atoms with van der Waals surface area (Å²) in [5, 5.41) is 3.07. The Morgan fingerprint density at radius 1 is 1.03 bits per heavy atom. The van der Waals surface area contributed by atoms with Gasteiger partial charge in [0, 0.05) is 19.6 Å². The summed E-state index contributed by atoms with van der Waals surface area (Å²) in [6.45, 7) is 5.54. The molecule has 5 nitrogen and oxygen atoms in total. The van der Waals surface area contributed by atoms with Crippen molar-refractivity contribution in [3.8, 4) is 0 Å². The minimum atomic E-state index is -3.35. The second-order valence-corrected chi connectivity index (χ2v) is 10.7. The normalized spacial score (nSPS) is 17.2. The van der Waals surface area contributed by atoms with E-state index in [1.165, 1.54) is 15.4 Å². The highest BCUT2D eigenvalue weighted by atomic mass is 32.2. The van der Waals surface area contributed by atoms with Crippen LogP contribution in [0.5, 0.6) is 0 Å². The number of amides is 1. The van der Waals surface area contributed by atoms with Crippen LogP contribution in [0.3, 0.4) is 0 Å². The minimum Gasteiger partial charge on any atom is -0.352 e. The third kappa shape index (κ3) is 6.66. The predicted octanol–water partition coefficient (Wildman–Crippen LogP) is 4.10. The molecule has 0 unspecified atom stereocenters. The van der Waals surface area contributed by atoms with Gasteiger partial charge in [-0.1, -0.05) is 62.4 Å². The summed E-state index contributed by atoms with van der Waals surface area (Å²) in [5.74, 6) is -0.204. The van der Waals surface area contributed by atoms with Crippen LogP contribution in [0.15, 0.2) is 48.5 Å². The number of nitrogens with zero attached hydrogens (tertiary/aromatic N) is 1. The fraction of sp³-hybridized carbons (Fsp3) is 0.500. The van der Waals surface area contributed by atoms with Gasteiger partial charge in [0.1, 0.15) is 0 Å². The standard InChI is InChI=1S/C26H36N2O3S/c1-3-21-14-15-23(4-2)25(18-21)19-27-26(29)24-13-8-16-28(20-24)32(30,31)17-9-12-22-10-6-5-7-11-22/h5-7,10-11,14-15,18,24H,3-4,8-9,12-13,16-17,19-20H2,1-2H3,(H,27,29)/t24-/m1/s1. The van der Waals surface area contributed by atoms with E-state index >= 15 is 0 Å². The molecule has 1 amide bonds.